The Balaban J connectivity index is 2.05. The summed E-state index contributed by atoms with van der Waals surface area (Å²) >= 11 is 0. The average molecular weight is 266 g/mol. The number of rotatable bonds is 2. The third kappa shape index (κ3) is 2.09. The maximum atomic E-state index is 10.8. The number of nitrogens with one attached hydrogen (secondary N) is 1. The Labute approximate surface area is 116 Å². The number of hydrogen-bond acceptors (Lipinski definition) is 2. The second-order valence-electron chi connectivity index (χ2n) is 4.56. The van der Waals surface area contributed by atoms with Crippen molar-refractivity contribution >= 4 is 22.6 Å². The highest BCUT2D eigenvalue weighted by molar-refractivity contribution is 5.94. The van der Waals surface area contributed by atoms with Crippen molar-refractivity contribution in [1.82, 2.24) is 9.78 Å². The fourth-order valence-electron chi connectivity index (χ4n) is 2.28. The summed E-state index contributed by atoms with van der Waals surface area (Å²) in [5.74, 6) is 0. The van der Waals surface area contributed by atoms with Gasteiger partial charge >= 0.3 is 6.03 Å². The smallest absolute Gasteiger partial charge is 0.316 e. The Morgan fingerprint density at radius 2 is 1.85 bits per heavy atom. The number of fused-ring (bicyclic) bond motifs is 1. The SMILES string of the molecule is Cn1nc(-c2ccc(NC(N)=O)cc2)c2ccccc21. The van der Waals surface area contributed by atoms with E-state index in [0.717, 1.165) is 22.2 Å². The van der Waals surface area contributed by atoms with E-state index in [4.69, 9.17) is 5.73 Å². The summed E-state index contributed by atoms with van der Waals surface area (Å²) in [6.07, 6.45) is 0. The Kier molecular flexibility index (Phi) is 2.87. The first-order valence-electron chi connectivity index (χ1n) is 6.24. The number of aryl methyl sites for hydroxylation is 1. The Morgan fingerprint density at radius 3 is 2.55 bits per heavy atom. The topological polar surface area (TPSA) is 72.9 Å². The highest BCUT2D eigenvalue weighted by atomic mass is 16.2. The summed E-state index contributed by atoms with van der Waals surface area (Å²) in [7, 11) is 1.93. The van der Waals surface area contributed by atoms with Crippen LogP contribution in [0.4, 0.5) is 10.5 Å². The van der Waals surface area contributed by atoms with Crippen molar-refractivity contribution in [3.8, 4) is 11.3 Å². The van der Waals surface area contributed by atoms with Crippen LogP contribution < -0.4 is 11.1 Å². The van der Waals surface area contributed by atoms with E-state index in [2.05, 4.69) is 10.4 Å². The summed E-state index contributed by atoms with van der Waals surface area (Å²) in [6, 6.07) is 15.0. The lowest BCUT2D eigenvalue weighted by Gasteiger charge is -2.03. The predicted octanol–water partition coefficient (Wildman–Crippen LogP) is 2.73. The lowest BCUT2D eigenvalue weighted by atomic mass is 10.1. The second-order valence-corrected chi connectivity index (χ2v) is 4.56. The number of amides is 2. The Hall–Kier alpha value is -2.82. The van der Waals surface area contributed by atoms with Gasteiger partial charge in [-0.1, -0.05) is 30.3 Å². The van der Waals surface area contributed by atoms with Gasteiger partial charge in [0.1, 0.15) is 5.69 Å². The molecule has 5 heteroatoms. The van der Waals surface area contributed by atoms with E-state index in [1.807, 2.05) is 60.3 Å². The van der Waals surface area contributed by atoms with Crippen molar-refractivity contribution in [3.63, 3.8) is 0 Å². The second kappa shape index (κ2) is 4.70. The van der Waals surface area contributed by atoms with Crippen LogP contribution in [0.25, 0.3) is 22.2 Å². The molecule has 3 aromatic rings. The van der Waals surface area contributed by atoms with Gasteiger partial charge in [0.15, 0.2) is 0 Å². The summed E-state index contributed by atoms with van der Waals surface area (Å²) in [5.41, 5.74) is 8.76. The fourth-order valence-corrected chi connectivity index (χ4v) is 2.28. The van der Waals surface area contributed by atoms with Crippen LogP contribution >= 0.6 is 0 Å². The van der Waals surface area contributed by atoms with Crippen LogP contribution in [0.3, 0.4) is 0 Å². The van der Waals surface area contributed by atoms with Crippen molar-refractivity contribution in [1.29, 1.82) is 0 Å². The quantitative estimate of drug-likeness (QED) is 0.748. The van der Waals surface area contributed by atoms with Crippen molar-refractivity contribution in [2.24, 2.45) is 12.8 Å². The van der Waals surface area contributed by atoms with Crippen molar-refractivity contribution < 1.29 is 4.79 Å². The Bertz CT molecular complexity index is 774. The van der Waals surface area contributed by atoms with Gasteiger partial charge < -0.3 is 11.1 Å². The first-order chi connectivity index (χ1) is 9.65. The first kappa shape index (κ1) is 12.2. The van der Waals surface area contributed by atoms with Gasteiger partial charge in [-0.15, -0.1) is 0 Å². The molecule has 0 fully saturated rings. The molecule has 20 heavy (non-hydrogen) atoms. The molecular weight excluding hydrogens is 252 g/mol. The van der Waals surface area contributed by atoms with Crippen molar-refractivity contribution in [2.45, 2.75) is 0 Å². The summed E-state index contributed by atoms with van der Waals surface area (Å²) in [4.78, 5) is 10.8. The van der Waals surface area contributed by atoms with Gasteiger partial charge in [-0.25, -0.2) is 4.79 Å². The summed E-state index contributed by atoms with van der Waals surface area (Å²) in [6.45, 7) is 0. The first-order valence-corrected chi connectivity index (χ1v) is 6.24. The molecule has 0 unspecified atom stereocenters. The number of carbonyl (C=O) groups excluding carboxylic acids is 1. The molecule has 1 heterocycles. The molecule has 0 aliphatic rings. The molecule has 100 valence electrons. The monoisotopic (exact) mass is 266 g/mol. The number of carbonyl (C=O) groups is 1. The van der Waals surface area contributed by atoms with Gasteiger partial charge in [0.2, 0.25) is 0 Å². The molecule has 5 nitrogen and oxygen atoms in total. The van der Waals surface area contributed by atoms with Gasteiger partial charge in [-0.3, -0.25) is 4.68 Å². The molecule has 3 rings (SSSR count). The number of aromatic nitrogens is 2. The van der Waals surface area contributed by atoms with Crippen molar-refractivity contribution in [3.05, 3.63) is 48.5 Å². The lowest BCUT2D eigenvalue weighted by molar-refractivity contribution is 0.259. The minimum Gasteiger partial charge on any atom is -0.351 e. The average Bonchev–Trinajstić information content (AvgIpc) is 2.77. The molecule has 0 aliphatic heterocycles. The van der Waals surface area contributed by atoms with Crippen LogP contribution in [-0.2, 0) is 7.05 Å². The van der Waals surface area contributed by atoms with E-state index in [0.29, 0.717) is 5.69 Å². The molecule has 0 radical (unpaired) electrons. The van der Waals surface area contributed by atoms with E-state index in [1.165, 1.54) is 0 Å². The van der Waals surface area contributed by atoms with Gasteiger partial charge in [0, 0.05) is 23.7 Å². The zero-order chi connectivity index (χ0) is 14.1. The Morgan fingerprint density at radius 1 is 1.15 bits per heavy atom. The highest BCUT2D eigenvalue weighted by Gasteiger charge is 2.09. The lowest BCUT2D eigenvalue weighted by Crippen LogP contribution is -2.19. The van der Waals surface area contributed by atoms with Crippen LogP contribution in [0.15, 0.2) is 48.5 Å². The van der Waals surface area contributed by atoms with Crippen LogP contribution in [0.2, 0.25) is 0 Å². The van der Waals surface area contributed by atoms with E-state index < -0.39 is 6.03 Å². The maximum Gasteiger partial charge on any atom is 0.316 e. The van der Waals surface area contributed by atoms with Crippen LogP contribution in [0.5, 0.6) is 0 Å². The minimum atomic E-state index is -0.568. The van der Waals surface area contributed by atoms with Gasteiger partial charge in [-0.05, 0) is 18.2 Å². The molecule has 3 N–H and O–H groups in total. The highest BCUT2D eigenvalue weighted by Crippen LogP contribution is 2.28. The van der Waals surface area contributed by atoms with E-state index in [1.54, 1.807) is 0 Å². The molecule has 0 spiro atoms. The molecule has 2 aromatic carbocycles. The largest absolute Gasteiger partial charge is 0.351 e. The number of nitrogens with zero attached hydrogens (tertiary/aromatic N) is 2. The number of para-hydroxylation sites is 1. The molecule has 0 saturated heterocycles. The normalized spacial score (nSPS) is 10.7. The summed E-state index contributed by atoms with van der Waals surface area (Å²) < 4.78 is 1.86. The van der Waals surface area contributed by atoms with Gasteiger partial charge in [-0.2, -0.15) is 5.10 Å². The third-order valence-electron chi connectivity index (χ3n) is 3.18. The maximum absolute atomic E-state index is 10.8. The van der Waals surface area contributed by atoms with Crippen LogP contribution in [0.1, 0.15) is 0 Å². The number of anilines is 1. The predicted molar refractivity (Wildman–Crippen MR) is 79.4 cm³/mol. The van der Waals surface area contributed by atoms with E-state index in [9.17, 15) is 4.79 Å². The van der Waals surface area contributed by atoms with Crippen LogP contribution in [-0.4, -0.2) is 15.8 Å². The molecule has 0 atom stereocenters. The van der Waals surface area contributed by atoms with Crippen molar-refractivity contribution in [2.75, 3.05) is 5.32 Å². The van der Waals surface area contributed by atoms with E-state index >= 15 is 0 Å². The standard InChI is InChI=1S/C15H14N4O/c1-19-13-5-3-2-4-12(13)14(18-19)10-6-8-11(9-7-10)17-15(16)20/h2-9H,1H3,(H3,16,17,20). The number of primary amides is 1. The number of hydrogen-bond donors (Lipinski definition) is 2. The number of benzene rings is 2. The molecular formula is C15H14N4O. The summed E-state index contributed by atoms with van der Waals surface area (Å²) in [5, 5.41) is 8.20. The molecule has 0 bridgehead atoms. The van der Waals surface area contributed by atoms with Gasteiger partial charge in [0.25, 0.3) is 0 Å². The number of urea groups is 1. The van der Waals surface area contributed by atoms with E-state index in [-0.39, 0.29) is 0 Å². The third-order valence-corrected chi connectivity index (χ3v) is 3.18. The molecule has 2 amide bonds. The zero-order valence-corrected chi connectivity index (χ0v) is 11.0. The molecule has 1 aromatic heterocycles. The fraction of sp³-hybridized carbons (Fsp3) is 0.0667. The van der Waals surface area contributed by atoms with Crippen LogP contribution in [0, 0.1) is 0 Å². The molecule has 0 saturated carbocycles. The zero-order valence-electron chi connectivity index (χ0n) is 11.0. The minimum absolute atomic E-state index is 0.568. The van der Waals surface area contributed by atoms with Gasteiger partial charge in [0.05, 0.1) is 5.52 Å². The number of nitrogens with two attached hydrogens (primary N) is 1. The molecule has 0 aliphatic carbocycles.